The molecule has 1 unspecified atom stereocenters. The molecule has 148 valence electrons. The third kappa shape index (κ3) is 4.72. The lowest BCUT2D eigenvalue weighted by Crippen LogP contribution is -2.39. The lowest BCUT2D eigenvalue weighted by molar-refractivity contribution is -0.128. The van der Waals surface area contributed by atoms with Crippen molar-refractivity contribution in [2.45, 2.75) is 25.0 Å². The number of benzene rings is 2. The highest BCUT2D eigenvalue weighted by molar-refractivity contribution is 6.31. The van der Waals surface area contributed by atoms with Crippen molar-refractivity contribution in [1.82, 2.24) is 10.6 Å². The van der Waals surface area contributed by atoms with Crippen LogP contribution >= 0.6 is 23.2 Å². The number of carbonyl (C=O) groups is 2. The molecule has 1 heterocycles. The molecule has 1 aliphatic rings. The SMILES string of the molecule is O=C1NC[C@@H](C(=O)NC(CCc2ccc(Cl)cc2)c2ccc(F)c(Cl)c2F)O1. The number of rotatable bonds is 6. The van der Waals surface area contributed by atoms with Gasteiger partial charge in [-0.25, -0.2) is 13.6 Å². The van der Waals surface area contributed by atoms with Gasteiger partial charge in [0.25, 0.3) is 5.91 Å². The monoisotopic (exact) mass is 428 g/mol. The van der Waals surface area contributed by atoms with E-state index in [1.54, 1.807) is 12.1 Å². The second-order valence-electron chi connectivity index (χ2n) is 6.27. The highest BCUT2D eigenvalue weighted by atomic mass is 35.5. The van der Waals surface area contributed by atoms with E-state index in [-0.39, 0.29) is 12.1 Å². The van der Waals surface area contributed by atoms with Crippen molar-refractivity contribution in [3.8, 4) is 0 Å². The second kappa shape index (κ2) is 8.75. The van der Waals surface area contributed by atoms with Gasteiger partial charge in [-0.3, -0.25) is 4.79 Å². The maximum Gasteiger partial charge on any atom is 0.408 e. The summed E-state index contributed by atoms with van der Waals surface area (Å²) >= 11 is 11.6. The summed E-state index contributed by atoms with van der Waals surface area (Å²) in [6.07, 6.45) is -0.932. The Kier molecular flexibility index (Phi) is 6.36. The highest BCUT2D eigenvalue weighted by Gasteiger charge is 2.31. The minimum atomic E-state index is -1.02. The van der Waals surface area contributed by atoms with E-state index in [0.29, 0.717) is 17.9 Å². The van der Waals surface area contributed by atoms with Crippen LogP contribution in [0.3, 0.4) is 0 Å². The molecule has 0 bridgehead atoms. The average Bonchev–Trinajstić information content (AvgIpc) is 3.11. The molecule has 2 aromatic carbocycles. The maximum atomic E-state index is 14.5. The third-order valence-corrected chi connectivity index (χ3v) is 4.96. The number of ether oxygens (including phenoxy) is 1. The number of carbonyl (C=O) groups excluding carboxylic acids is 2. The van der Waals surface area contributed by atoms with Gasteiger partial charge >= 0.3 is 6.09 Å². The van der Waals surface area contributed by atoms with Gasteiger partial charge in [-0.15, -0.1) is 0 Å². The van der Waals surface area contributed by atoms with Crippen LogP contribution in [0.2, 0.25) is 10.0 Å². The van der Waals surface area contributed by atoms with Gasteiger partial charge in [0.2, 0.25) is 0 Å². The van der Waals surface area contributed by atoms with Crippen LogP contribution in [-0.4, -0.2) is 24.6 Å². The zero-order valence-electron chi connectivity index (χ0n) is 14.5. The summed E-state index contributed by atoms with van der Waals surface area (Å²) in [5.74, 6) is -2.41. The average molecular weight is 429 g/mol. The zero-order chi connectivity index (χ0) is 20.3. The van der Waals surface area contributed by atoms with E-state index in [0.717, 1.165) is 11.6 Å². The van der Waals surface area contributed by atoms with E-state index in [4.69, 9.17) is 27.9 Å². The zero-order valence-corrected chi connectivity index (χ0v) is 16.0. The van der Waals surface area contributed by atoms with E-state index in [1.807, 2.05) is 12.1 Å². The number of cyclic esters (lactones) is 1. The Morgan fingerprint density at radius 3 is 2.57 bits per heavy atom. The van der Waals surface area contributed by atoms with Crippen LogP contribution in [0.4, 0.5) is 13.6 Å². The van der Waals surface area contributed by atoms with Crippen LogP contribution in [0, 0.1) is 11.6 Å². The van der Waals surface area contributed by atoms with Crippen LogP contribution < -0.4 is 10.6 Å². The number of nitrogens with one attached hydrogen (secondary N) is 2. The summed E-state index contributed by atoms with van der Waals surface area (Å²) < 4.78 is 32.9. The second-order valence-corrected chi connectivity index (χ2v) is 7.08. The standard InChI is InChI=1S/C19H16Cl2F2N2O3/c20-11-4-1-10(2-5-11)3-8-14(12-6-7-13(22)16(21)17(12)23)25-18(26)15-9-24-19(27)28-15/h1-2,4-7,14-15H,3,8-9H2,(H,24,27)(H,25,26)/t14?,15-/m0/s1. The molecule has 0 spiro atoms. The molecule has 1 aliphatic heterocycles. The first-order valence-corrected chi connectivity index (χ1v) is 9.23. The Bertz CT molecular complexity index is 893. The summed E-state index contributed by atoms with van der Waals surface area (Å²) in [6.45, 7) is 0.0151. The van der Waals surface area contributed by atoms with Crippen LogP contribution in [0.1, 0.15) is 23.6 Å². The van der Waals surface area contributed by atoms with Crippen molar-refractivity contribution in [1.29, 1.82) is 0 Å². The first kappa shape index (κ1) is 20.4. The van der Waals surface area contributed by atoms with Crippen molar-refractivity contribution in [2.24, 2.45) is 0 Å². The summed E-state index contributed by atoms with van der Waals surface area (Å²) in [4.78, 5) is 23.6. The van der Waals surface area contributed by atoms with Crippen LogP contribution in [0.25, 0.3) is 0 Å². The Balaban J connectivity index is 1.80. The van der Waals surface area contributed by atoms with Crippen LogP contribution in [0.15, 0.2) is 36.4 Å². The molecule has 5 nitrogen and oxygen atoms in total. The van der Waals surface area contributed by atoms with E-state index >= 15 is 0 Å². The van der Waals surface area contributed by atoms with Crippen molar-refractivity contribution in [2.75, 3.05) is 6.54 Å². The predicted octanol–water partition coefficient (Wildman–Crippen LogP) is 4.17. The molecule has 1 saturated heterocycles. The quantitative estimate of drug-likeness (QED) is 0.678. The van der Waals surface area contributed by atoms with Gasteiger partial charge in [-0.1, -0.05) is 41.4 Å². The fourth-order valence-electron chi connectivity index (χ4n) is 2.88. The maximum absolute atomic E-state index is 14.5. The molecule has 0 saturated carbocycles. The fraction of sp³-hybridized carbons (Fsp3) is 0.263. The largest absolute Gasteiger partial charge is 0.434 e. The fourth-order valence-corrected chi connectivity index (χ4v) is 3.18. The third-order valence-electron chi connectivity index (χ3n) is 4.37. The molecule has 2 N–H and O–H groups in total. The molecule has 2 amide bonds. The molecule has 2 aromatic rings. The number of hydrogen-bond donors (Lipinski definition) is 2. The van der Waals surface area contributed by atoms with Gasteiger partial charge in [0.15, 0.2) is 6.10 Å². The minimum absolute atomic E-state index is 0.0151. The van der Waals surface area contributed by atoms with Gasteiger partial charge < -0.3 is 15.4 Å². The summed E-state index contributed by atoms with van der Waals surface area (Å²) in [5.41, 5.74) is 0.970. The smallest absolute Gasteiger partial charge is 0.408 e. The highest BCUT2D eigenvalue weighted by Crippen LogP contribution is 2.29. The van der Waals surface area contributed by atoms with Gasteiger partial charge in [-0.2, -0.15) is 0 Å². The lowest BCUT2D eigenvalue weighted by atomic mass is 9.98. The first-order chi connectivity index (χ1) is 13.3. The van der Waals surface area contributed by atoms with Crippen molar-refractivity contribution in [3.05, 3.63) is 69.2 Å². The predicted molar refractivity (Wildman–Crippen MR) is 100 cm³/mol. The van der Waals surface area contributed by atoms with Gasteiger partial charge in [0.1, 0.15) is 16.7 Å². The summed E-state index contributed by atoms with van der Waals surface area (Å²) in [7, 11) is 0. The molecule has 28 heavy (non-hydrogen) atoms. The molecule has 0 radical (unpaired) electrons. The summed E-state index contributed by atoms with van der Waals surface area (Å²) in [5, 5.41) is 4.98. The molecule has 0 aromatic heterocycles. The molecule has 1 fully saturated rings. The van der Waals surface area contributed by atoms with E-state index in [2.05, 4.69) is 10.6 Å². The number of aryl methyl sites for hydroxylation is 1. The Labute approximate surface area is 170 Å². The van der Waals surface area contributed by atoms with Crippen molar-refractivity contribution < 1.29 is 23.1 Å². The molecule has 3 rings (SSSR count). The number of halogens is 4. The first-order valence-electron chi connectivity index (χ1n) is 8.48. The van der Waals surface area contributed by atoms with Gasteiger partial charge in [0, 0.05) is 10.6 Å². The number of alkyl carbamates (subject to hydrolysis) is 1. The molecule has 0 aliphatic carbocycles. The van der Waals surface area contributed by atoms with Gasteiger partial charge in [0.05, 0.1) is 12.6 Å². The minimum Gasteiger partial charge on any atom is -0.434 e. The van der Waals surface area contributed by atoms with E-state index in [9.17, 15) is 18.4 Å². The molecular formula is C19H16Cl2F2N2O3. The molecular weight excluding hydrogens is 413 g/mol. The normalized spacial score (nSPS) is 17.0. The van der Waals surface area contributed by atoms with Gasteiger partial charge in [-0.05, 0) is 36.6 Å². The summed E-state index contributed by atoms with van der Waals surface area (Å²) in [6, 6.07) is 8.56. The topological polar surface area (TPSA) is 67.4 Å². The van der Waals surface area contributed by atoms with Crippen molar-refractivity contribution in [3.63, 3.8) is 0 Å². The lowest BCUT2D eigenvalue weighted by Gasteiger charge is -2.22. The van der Waals surface area contributed by atoms with Crippen LogP contribution in [0.5, 0.6) is 0 Å². The van der Waals surface area contributed by atoms with E-state index < -0.39 is 40.8 Å². The van der Waals surface area contributed by atoms with Crippen LogP contribution in [-0.2, 0) is 16.0 Å². The Morgan fingerprint density at radius 2 is 1.93 bits per heavy atom. The van der Waals surface area contributed by atoms with Crippen molar-refractivity contribution >= 4 is 35.2 Å². The van der Waals surface area contributed by atoms with E-state index in [1.165, 1.54) is 6.07 Å². The molecule has 9 heteroatoms. The Morgan fingerprint density at radius 1 is 1.21 bits per heavy atom. The number of amides is 2. The Hall–Kier alpha value is -2.38. The molecule has 2 atom stereocenters. The number of hydrogen-bond acceptors (Lipinski definition) is 3.